The number of nitrogens with two attached hydrogens (primary N) is 1. The van der Waals surface area contributed by atoms with Gasteiger partial charge in [0.15, 0.2) is 5.69 Å². The lowest BCUT2D eigenvalue weighted by Gasteiger charge is -2.35. The minimum absolute atomic E-state index is 0. The molecule has 1 aliphatic heterocycles. The van der Waals surface area contributed by atoms with Crippen LogP contribution in [0, 0.1) is 13.8 Å². The van der Waals surface area contributed by atoms with Gasteiger partial charge < -0.3 is 21.3 Å². The van der Waals surface area contributed by atoms with E-state index in [0.717, 1.165) is 28.4 Å². The maximum Gasteiger partial charge on any atom is 0.433 e. The number of nitrogen functional groups attached to an aromatic ring is 1. The quantitative estimate of drug-likeness (QED) is 0.421. The lowest BCUT2D eigenvalue weighted by Crippen LogP contribution is -2.46. The highest BCUT2D eigenvalue weighted by molar-refractivity contribution is 5.99. The zero-order chi connectivity index (χ0) is 25.9. The second-order valence-corrected chi connectivity index (χ2v) is 8.88. The number of rotatable bonds is 5. The fraction of sp³-hybridized carbons (Fsp3) is 0.320. The summed E-state index contributed by atoms with van der Waals surface area (Å²) in [5.74, 6) is -0.206. The van der Waals surface area contributed by atoms with E-state index in [0.29, 0.717) is 38.4 Å². The number of nitrogens with zero attached hydrogens (tertiary/aromatic N) is 4. The van der Waals surface area contributed by atoms with Gasteiger partial charge in [-0.25, -0.2) is 9.78 Å². The Hall–Kier alpha value is -3.57. The van der Waals surface area contributed by atoms with E-state index < -0.39 is 17.8 Å². The molecule has 0 atom stereocenters. The van der Waals surface area contributed by atoms with E-state index in [4.69, 9.17) is 5.73 Å². The van der Waals surface area contributed by atoms with Gasteiger partial charge in [0, 0.05) is 50.2 Å². The number of benzene rings is 2. The van der Waals surface area contributed by atoms with Gasteiger partial charge in [0.1, 0.15) is 5.82 Å². The van der Waals surface area contributed by atoms with Gasteiger partial charge in [0.25, 0.3) is 0 Å². The first kappa shape index (κ1) is 28.0. The number of halogens is 4. The Morgan fingerprint density at radius 3 is 2.11 bits per heavy atom. The molecule has 2 amide bonds. The largest absolute Gasteiger partial charge is 0.433 e. The monoisotopic (exact) mass is 535 g/mol. The molecule has 0 saturated carbocycles. The number of carbonyl (C=O) groups excluding carboxylic acids is 1. The number of carbonyl (C=O) groups is 1. The number of piperazine rings is 1. The van der Waals surface area contributed by atoms with Crippen LogP contribution in [0.4, 0.5) is 41.1 Å². The molecule has 1 saturated heterocycles. The zero-order valence-electron chi connectivity index (χ0n) is 20.5. The van der Waals surface area contributed by atoms with Crippen molar-refractivity contribution in [3.63, 3.8) is 0 Å². The van der Waals surface area contributed by atoms with Crippen LogP contribution in [-0.4, -0.2) is 47.1 Å². The van der Waals surface area contributed by atoms with E-state index in [2.05, 4.69) is 25.5 Å². The number of hydrogen-bond donors (Lipinski definition) is 3. The highest BCUT2D eigenvalue weighted by Gasteiger charge is 2.34. The lowest BCUT2D eigenvalue weighted by atomic mass is 10.1. The summed E-state index contributed by atoms with van der Waals surface area (Å²) >= 11 is 0. The van der Waals surface area contributed by atoms with Gasteiger partial charge in [-0.05, 0) is 54.8 Å². The number of alkyl halides is 3. The minimum Gasteiger partial charge on any atom is -0.368 e. The van der Waals surface area contributed by atoms with Crippen molar-refractivity contribution in [2.24, 2.45) is 0 Å². The smallest absolute Gasteiger partial charge is 0.368 e. The van der Waals surface area contributed by atoms with Crippen LogP contribution in [0.3, 0.4) is 0 Å². The molecule has 3 aromatic rings. The first-order chi connectivity index (χ1) is 17.0. The third-order valence-electron chi connectivity index (χ3n) is 5.81. The molecule has 0 radical (unpaired) electrons. The summed E-state index contributed by atoms with van der Waals surface area (Å²) in [6, 6.07) is 14.0. The van der Waals surface area contributed by atoms with Crippen molar-refractivity contribution in [1.82, 2.24) is 14.9 Å². The number of urea groups is 1. The number of nitrogens with one attached hydrogen (secondary N) is 2. The van der Waals surface area contributed by atoms with Crippen molar-refractivity contribution in [2.45, 2.75) is 26.6 Å². The van der Waals surface area contributed by atoms with Gasteiger partial charge in [-0.15, -0.1) is 12.4 Å². The van der Waals surface area contributed by atoms with E-state index in [1.54, 1.807) is 4.90 Å². The van der Waals surface area contributed by atoms with Crippen LogP contribution >= 0.6 is 12.4 Å². The predicted molar refractivity (Wildman–Crippen MR) is 141 cm³/mol. The van der Waals surface area contributed by atoms with Gasteiger partial charge in [-0.1, -0.05) is 18.2 Å². The number of aryl methyl sites for hydroxylation is 2. The van der Waals surface area contributed by atoms with Crippen molar-refractivity contribution in [3.05, 3.63) is 70.9 Å². The number of anilines is 4. The number of hydrogen-bond acceptors (Lipinski definition) is 6. The third-order valence-corrected chi connectivity index (χ3v) is 5.81. The summed E-state index contributed by atoms with van der Waals surface area (Å²) in [4.78, 5) is 23.6. The van der Waals surface area contributed by atoms with Crippen LogP contribution in [0.25, 0.3) is 0 Å². The van der Waals surface area contributed by atoms with Crippen molar-refractivity contribution in [2.75, 3.05) is 47.4 Å². The molecule has 0 spiro atoms. The van der Waals surface area contributed by atoms with E-state index in [1.807, 2.05) is 56.3 Å². The Kier molecular flexibility index (Phi) is 8.82. The molecule has 0 bridgehead atoms. The molecule has 4 rings (SSSR count). The van der Waals surface area contributed by atoms with Gasteiger partial charge >= 0.3 is 12.2 Å². The maximum atomic E-state index is 13.0. The second kappa shape index (κ2) is 11.7. The van der Waals surface area contributed by atoms with E-state index in [1.165, 1.54) is 0 Å². The molecule has 4 N–H and O–H groups in total. The molecule has 37 heavy (non-hydrogen) atoms. The summed E-state index contributed by atoms with van der Waals surface area (Å²) < 4.78 is 39.1. The molecule has 1 aromatic heterocycles. The van der Waals surface area contributed by atoms with Crippen LogP contribution < -0.4 is 21.3 Å². The molecule has 1 aliphatic rings. The topological polar surface area (TPSA) is 99.4 Å². The van der Waals surface area contributed by atoms with Gasteiger partial charge in [-0.2, -0.15) is 18.2 Å². The van der Waals surface area contributed by atoms with Crippen molar-refractivity contribution >= 4 is 41.6 Å². The number of amides is 2. The van der Waals surface area contributed by atoms with Gasteiger partial charge in [0.05, 0.1) is 0 Å². The average Bonchev–Trinajstić information content (AvgIpc) is 2.79. The highest BCUT2D eigenvalue weighted by atomic mass is 35.5. The Labute approximate surface area is 219 Å². The Morgan fingerprint density at radius 2 is 1.51 bits per heavy atom. The van der Waals surface area contributed by atoms with Crippen molar-refractivity contribution in [3.8, 4) is 0 Å². The highest BCUT2D eigenvalue weighted by Crippen LogP contribution is 2.30. The Balaban J connectivity index is 0.00000380. The summed E-state index contributed by atoms with van der Waals surface area (Å²) in [5, 5.41) is 5.67. The maximum absolute atomic E-state index is 13.0. The van der Waals surface area contributed by atoms with Gasteiger partial charge in [-0.3, -0.25) is 4.90 Å². The molecular formula is C25H29ClF3N7O. The molecule has 2 aromatic carbocycles. The molecule has 1 fully saturated rings. The minimum atomic E-state index is -4.57. The Bertz CT molecular complexity index is 1210. The summed E-state index contributed by atoms with van der Waals surface area (Å²) in [7, 11) is 0. The lowest BCUT2D eigenvalue weighted by molar-refractivity contribution is -0.141. The average molecular weight is 536 g/mol. The van der Waals surface area contributed by atoms with Crippen LogP contribution in [-0.2, 0) is 12.7 Å². The first-order valence-electron chi connectivity index (χ1n) is 11.5. The SMILES string of the molecule is Cc1cc(C)cc(NC(=O)Nc2ccc(CN3CCN(c4cc(C(F)(F)F)nc(N)n4)CC3)cc2)c1.Cl. The molecule has 12 heteroatoms. The summed E-state index contributed by atoms with van der Waals surface area (Å²) in [6.45, 7) is 6.99. The van der Waals surface area contributed by atoms with Crippen LogP contribution in [0.15, 0.2) is 48.5 Å². The number of aromatic nitrogens is 2. The molecule has 0 unspecified atom stereocenters. The van der Waals surface area contributed by atoms with Crippen LogP contribution in [0.5, 0.6) is 0 Å². The van der Waals surface area contributed by atoms with E-state index >= 15 is 0 Å². The van der Waals surface area contributed by atoms with E-state index in [-0.39, 0.29) is 24.3 Å². The standard InChI is InChI=1S/C25H28F3N7O.ClH/c1-16-11-17(2)13-20(12-16)31-24(36)30-19-5-3-18(4-6-19)15-34-7-9-35(10-8-34)22-14-21(25(26,27)28)32-23(29)33-22;/h3-6,11-14H,7-10,15H2,1-2H3,(H2,29,32,33)(H2,30,31,36);1H. The van der Waals surface area contributed by atoms with Crippen LogP contribution in [0.1, 0.15) is 22.4 Å². The first-order valence-corrected chi connectivity index (χ1v) is 11.5. The fourth-order valence-corrected chi connectivity index (χ4v) is 4.19. The predicted octanol–water partition coefficient (Wildman–Crippen LogP) is 5.08. The zero-order valence-corrected chi connectivity index (χ0v) is 21.3. The fourth-order valence-electron chi connectivity index (χ4n) is 4.19. The van der Waals surface area contributed by atoms with E-state index in [9.17, 15) is 18.0 Å². The molecule has 0 aliphatic carbocycles. The van der Waals surface area contributed by atoms with Crippen molar-refractivity contribution in [1.29, 1.82) is 0 Å². The summed E-state index contributed by atoms with van der Waals surface area (Å²) in [5.41, 5.74) is 9.07. The molecule has 2 heterocycles. The third kappa shape index (κ3) is 7.70. The molecule has 198 valence electrons. The van der Waals surface area contributed by atoms with Crippen molar-refractivity contribution < 1.29 is 18.0 Å². The Morgan fingerprint density at radius 1 is 0.919 bits per heavy atom. The van der Waals surface area contributed by atoms with Gasteiger partial charge in [0.2, 0.25) is 5.95 Å². The van der Waals surface area contributed by atoms with Crippen LogP contribution in [0.2, 0.25) is 0 Å². The normalized spacial score (nSPS) is 14.1. The second-order valence-electron chi connectivity index (χ2n) is 8.88. The molecular weight excluding hydrogens is 507 g/mol. The molecule has 8 nitrogen and oxygen atoms in total. The summed E-state index contributed by atoms with van der Waals surface area (Å²) in [6.07, 6.45) is -4.57.